The third-order valence-corrected chi connectivity index (χ3v) is 4.42. The van der Waals surface area contributed by atoms with E-state index in [1.165, 1.54) is 0 Å². The molecule has 1 saturated heterocycles. The van der Waals surface area contributed by atoms with Crippen LogP contribution in [0, 0.1) is 5.41 Å². The van der Waals surface area contributed by atoms with Crippen molar-refractivity contribution in [2.45, 2.75) is 45.7 Å². The fourth-order valence-corrected chi connectivity index (χ4v) is 2.48. The van der Waals surface area contributed by atoms with Crippen LogP contribution >= 0.6 is 0 Å². The molecule has 0 aromatic carbocycles. The van der Waals surface area contributed by atoms with Crippen LogP contribution in [0.2, 0.25) is 0 Å². The highest BCUT2D eigenvalue weighted by Gasteiger charge is 2.26. The van der Waals surface area contributed by atoms with E-state index in [4.69, 9.17) is 10.3 Å². The highest BCUT2D eigenvalue weighted by molar-refractivity contribution is 4.95. The number of rotatable bonds is 4. The number of likely N-dealkylation sites (N-methyl/N-ethyl adjacent to an activating group) is 2. The van der Waals surface area contributed by atoms with E-state index in [1.54, 1.807) is 0 Å². The Morgan fingerprint density at radius 2 is 2.05 bits per heavy atom. The normalized spacial score (nSPS) is 23.4. The van der Waals surface area contributed by atoms with Gasteiger partial charge in [0.1, 0.15) is 0 Å². The Labute approximate surface area is 127 Å². The van der Waals surface area contributed by atoms with Crippen molar-refractivity contribution in [3.05, 3.63) is 11.7 Å². The summed E-state index contributed by atoms with van der Waals surface area (Å²) >= 11 is 0. The van der Waals surface area contributed by atoms with Crippen LogP contribution in [0.3, 0.4) is 0 Å². The molecule has 1 aliphatic rings. The Morgan fingerprint density at radius 1 is 1.33 bits per heavy atom. The van der Waals surface area contributed by atoms with Crippen molar-refractivity contribution in [1.82, 2.24) is 19.9 Å². The molecule has 1 fully saturated rings. The Kier molecular flexibility index (Phi) is 5.01. The van der Waals surface area contributed by atoms with Crippen LogP contribution in [0.15, 0.2) is 4.52 Å². The summed E-state index contributed by atoms with van der Waals surface area (Å²) in [7, 11) is 4.32. The molecular formula is C15H29N5O. The molecule has 1 aromatic heterocycles. The summed E-state index contributed by atoms with van der Waals surface area (Å²) in [5.41, 5.74) is 6.22. The summed E-state index contributed by atoms with van der Waals surface area (Å²) in [6.45, 7) is 9.62. The van der Waals surface area contributed by atoms with Gasteiger partial charge in [0.2, 0.25) is 5.89 Å². The standard InChI is InChI=1S/C15H29N5O/c1-15(2,3)12(16)9-14-17-13(18-21-14)8-11-10-19(4)6-7-20(11)5/h11-12H,6-10,16H2,1-5H3. The average Bonchev–Trinajstić information content (AvgIpc) is 2.80. The van der Waals surface area contributed by atoms with Crippen LogP contribution in [0.5, 0.6) is 0 Å². The molecule has 0 radical (unpaired) electrons. The van der Waals surface area contributed by atoms with E-state index in [-0.39, 0.29) is 11.5 Å². The number of hydrogen-bond acceptors (Lipinski definition) is 6. The lowest BCUT2D eigenvalue weighted by Crippen LogP contribution is -2.50. The van der Waals surface area contributed by atoms with Gasteiger partial charge in [-0.25, -0.2) is 0 Å². The van der Waals surface area contributed by atoms with Crippen molar-refractivity contribution < 1.29 is 4.52 Å². The quantitative estimate of drug-likeness (QED) is 0.885. The molecule has 21 heavy (non-hydrogen) atoms. The van der Waals surface area contributed by atoms with Crippen molar-refractivity contribution >= 4 is 0 Å². The first-order valence-electron chi connectivity index (χ1n) is 7.71. The molecule has 2 heterocycles. The molecule has 2 N–H and O–H groups in total. The molecule has 2 unspecified atom stereocenters. The molecule has 120 valence electrons. The number of piperazine rings is 1. The van der Waals surface area contributed by atoms with E-state index in [0.29, 0.717) is 18.4 Å². The minimum atomic E-state index is 0.0225. The maximum absolute atomic E-state index is 6.17. The van der Waals surface area contributed by atoms with Gasteiger partial charge in [0, 0.05) is 44.6 Å². The minimum Gasteiger partial charge on any atom is -0.339 e. The molecule has 0 saturated carbocycles. The molecule has 2 rings (SSSR count). The van der Waals surface area contributed by atoms with Gasteiger partial charge in [-0.05, 0) is 19.5 Å². The summed E-state index contributed by atoms with van der Waals surface area (Å²) in [6.07, 6.45) is 1.46. The third-order valence-electron chi connectivity index (χ3n) is 4.42. The first-order chi connectivity index (χ1) is 9.75. The molecule has 0 amide bonds. The summed E-state index contributed by atoms with van der Waals surface area (Å²) in [4.78, 5) is 9.23. The van der Waals surface area contributed by atoms with E-state index in [2.05, 4.69) is 54.8 Å². The van der Waals surface area contributed by atoms with Gasteiger partial charge in [-0.15, -0.1) is 0 Å². The van der Waals surface area contributed by atoms with Crippen LogP contribution < -0.4 is 5.73 Å². The van der Waals surface area contributed by atoms with Gasteiger partial charge in [-0.1, -0.05) is 25.9 Å². The molecule has 6 heteroatoms. The van der Waals surface area contributed by atoms with Gasteiger partial charge >= 0.3 is 0 Å². The second-order valence-corrected chi connectivity index (χ2v) is 7.38. The van der Waals surface area contributed by atoms with E-state index >= 15 is 0 Å². The third kappa shape index (κ3) is 4.49. The first kappa shape index (κ1) is 16.4. The topological polar surface area (TPSA) is 71.4 Å². The monoisotopic (exact) mass is 295 g/mol. The molecule has 1 aromatic rings. The van der Waals surface area contributed by atoms with E-state index in [9.17, 15) is 0 Å². The van der Waals surface area contributed by atoms with Crippen molar-refractivity contribution in [3.63, 3.8) is 0 Å². The largest absolute Gasteiger partial charge is 0.339 e. The summed E-state index contributed by atoms with van der Waals surface area (Å²) in [5, 5.41) is 4.12. The van der Waals surface area contributed by atoms with E-state index < -0.39 is 0 Å². The van der Waals surface area contributed by atoms with Crippen molar-refractivity contribution in [1.29, 1.82) is 0 Å². The predicted octanol–water partition coefficient (Wildman–Crippen LogP) is 0.774. The summed E-state index contributed by atoms with van der Waals surface area (Å²) < 4.78 is 5.36. The Hall–Kier alpha value is -0.980. The van der Waals surface area contributed by atoms with Gasteiger partial charge in [-0.2, -0.15) is 4.98 Å². The van der Waals surface area contributed by atoms with Crippen molar-refractivity contribution in [3.8, 4) is 0 Å². The summed E-state index contributed by atoms with van der Waals surface area (Å²) in [5.74, 6) is 1.44. The molecule has 0 aliphatic carbocycles. The van der Waals surface area contributed by atoms with Crippen LogP contribution in [0.25, 0.3) is 0 Å². The van der Waals surface area contributed by atoms with Crippen molar-refractivity contribution in [2.24, 2.45) is 11.1 Å². The fraction of sp³-hybridized carbons (Fsp3) is 0.867. The van der Waals surface area contributed by atoms with Crippen molar-refractivity contribution in [2.75, 3.05) is 33.7 Å². The van der Waals surface area contributed by atoms with Crippen LogP contribution in [-0.4, -0.2) is 65.8 Å². The second kappa shape index (κ2) is 6.42. The van der Waals surface area contributed by atoms with Crippen LogP contribution in [0.1, 0.15) is 32.5 Å². The van der Waals surface area contributed by atoms with Gasteiger partial charge in [0.15, 0.2) is 5.82 Å². The lowest BCUT2D eigenvalue weighted by Gasteiger charge is -2.37. The molecular weight excluding hydrogens is 266 g/mol. The zero-order valence-corrected chi connectivity index (χ0v) is 14.0. The fourth-order valence-electron chi connectivity index (χ4n) is 2.48. The number of nitrogens with two attached hydrogens (primary N) is 1. The average molecular weight is 295 g/mol. The van der Waals surface area contributed by atoms with Gasteiger partial charge in [-0.3, -0.25) is 0 Å². The SMILES string of the molecule is CN1CCN(C)C(Cc2noc(CC(N)C(C)(C)C)n2)C1. The number of hydrogen-bond donors (Lipinski definition) is 1. The van der Waals surface area contributed by atoms with Crippen LogP contribution in [0.4, 0.5) is 0 Å². The first-order valence-corrected chi connectivity index (χ1v) is 7.71. The van der Waals surface area contributed by atoms with Crippen LogP contribution in [-0.2, 0) is 12.8 Å². The minimum absolute atomic E-state index is 0.0225. The zero-order valence-electron chi connectivity index (χ0n) is 14.0. The predicted molar refractivity (Wildman–Crippen MR) is 83.1 cm³/mol. The number of aromatic nitrogens is 2. The maximum atomic E-state index is 6.17. The second-order valence-electron chi connectivity index (χ2n) is 7.38. The molecule has 0 spiro atoms. The lowest BCUT2D eigenvalue weighted by molar-refractivity contribution is 0.113. The van der Waals surface area contributed by atoms with E-state index in [1.807, 2.05) is 0 Å². The highest BCUT2D eigenvalue weighted by Crippen LogP contribution is 2.20. The highest BCUT2D eigenvalue weighted by atomic mass is 16.5. The lowest BCUT2D eigenvalue weighted by atomic mass is 9.85. The van der Waals surface area contributed by atoms with Gasteiger partial charge in [0.25, 0.3) is 0 Å². The molecule has 1 aliphatic heterocycles. The number of nitrogens with zero attached hydrogens (tertiary/aromatic N) is 4. The Morgan fingerprint density at radius 3 is 2.71 bits per heavy atom. The zero-order chi connectivity index (χ0) is 15.6. The summed E-state index contributed by atoms with van der Waals surface area (Å²) in [6, 6.07) is 0.472. The molecule has 6 nitrogen and oxygen atoms in total. The Balaban J connectivity index is 1.94. The molecule has 2 atom stereocenters. The van der Waals surface area contributed by atoms with E-state index in [0.717, 1.165) is 31.9 Å². The maximum Gasteiger partial charge on any atom is 0.228 e. The van der Waals surface area contributed by atoms with Gasteiger partial charge in [0.05, 0.1) is 0 Å². The van der Waals surface area contributed by atoms with Gasteiger partial charge < -0.3 is 20.1 Å². The smallest absolute Gasteiger partial charge is 0.228 e. The molecule has 0 bridgehead atoms. The Bertz CT molecular complexity index is 453.